The second-order valence-corrected chi connectivity index (χ2v) is 4.14. The Morgan fingerprint density at radius 2 is 2.06 bits per heavy atom. The second-order valence-electron chi connectivity index (χ2n) is 3.71. The van der Waals surface area contributed by atoms with Gasteiger partial charge >= 0.3 is 0 Å². The zero-order valence-electron chi connectivity index (χ0n) is 9.56. The fourth-order valence-electron chi connectivity index (χ4n) is 1.54. The Morgan fingerprint density at radius 3 is 2.72 bits per heavy atom. The minimum Gasteiger partial charge on any atom is -0.456 e. The lowest BCUT2D eigenvalue weighted by Gasteiger charge is -2.08. The largest absolute Gasteiger partial charge is 0.456 e. The summed E-state index contributed by atoms with van der Waals surface area (Å²) in [6.07, 6.45) is 0. The van der Waals surface area contributed by atoms with E-state index in [1.165, 1.54) is 0 Å². The molecular formula is C14H11ClN2O. The molecule has 2 N–H and O–H groups in total. The number of benzene rings is 2. The molecule has 0 aliphatic carbocycles. The van der Waals surface area contributed by atoms with Gasteiger partial charge in [0.25, 0.3) is 0 Å². The Kier molecular flexibility index (Phi) is 3.83. The number of halogens is 1. The first-order valence-corrected chi connectivity index (χ1v) is 5.77. The van der Waals surface area contributed by atoms with Gasteiger partial charge in [-0.1, -0.05) is 23.7 Å². The molecule has 90 valence electrons. The van der Waals surface area contributed by atoms with E-state index in [2.05, 4.69) is 6.07 Å². The molecule has 0 amide bonds. The summed E-state index contributed by atoms with van der Waals surface area (Å²) in [5.74, 6) is 1.09. The van der Waals surface area contributed by atoms with Crippen LogP contribution in [0.15, 0.2) is 42.5 Å². The van der Waals surface area contributed by atoms with Crippen molar-refractivity contribution in [2.75, 3.05) is 0 Å². The lowest BCUT2D eigenvalue weighted by atomic mass is 10.1. The first kappa shape index (κ1) is 12.4. The summed E-state index contributed by atoms with van der Waals surface area (Å²) in [5.41, 5.74) is 6.88. The third-order valence-corrected chi connectivity index (χ3v) is 2.66. The summed E-state index contributed by atoms with van der Waals surface area (Å²) in [4.78, 5) is 0. The molecule has 0 fully saturated rings. The fraction of sp³-hybridized carbons (Fsp3) is 0.0714. The van der Waals surface area contributed by atoms with Crippen molar-refractivity contribution in [3.63, 3.8) is 0 Å². The monoisotopic (exact) mass is 258 g/mol. The quantitative estimate of drug-likeness (QED) is 0.917. The SMILES string of the molecule is N#Cc1cc(CN)ccc1Oc1cccc(Cl)c1. The fourth-order valence-corrected chi connectivity index (χ4v) is 1.72. The van der Waals surface area contributed by atoms with Gasteiger partial charge in [-0.05, 0) is 35.9 Å². The lowest BCUT2D eigenvalue weighted by Crippen LogP contribution is -1.97. The van der Waals surface area contributed by atoms with Crippen LogP contribution >= 0.6 is 11.6 Å². The van der Waals surface area contributed by atoms with Crippen molar-refractivity contribution >= 4 is 11.6 Å². The molecule has 3 nitrogen and oxygen atoms in total. The van der Waals surface area contributed by atoms with Gasteiger partial charge in [0.1, 0.15) is 17.6 Å². The molecular weight excluding hydrogens is 248 g/mol. The number of rotatable bonds is 3. The van der Waals surface area contributed by atoms with Gasteiger partial charge in [-0.2, -0.15) is 5.26 Å². The molecule has 0 heterocycles. The van der Waals surface area contributed by atoms with Crippen molar-refractivity contribution in [2.24, 2.45) is 5.73 Å². The van der Waals surface area contributed by atoms with Gasteiger partial charge in [0.05, 0.1) is 5.56 Å². The summed E-state index contributed by atoms with van der Waals surface area (Å²) in [6.45, 7) is 0.395. The third kappa shape index (κ3) is 2.80. The zero-order valence-corrected chi connectivity index (χ0v) is 10.3. The van der Waals surface area contributed by atoms with Crippen molar-refractivity contribution < 1.29 is 4.74 Å². The molecule has 18 heavy (non-hydrogen) atoms. The Labute approximate surface area is 110 Å². The maximum atomic E-state index is 9.07. The molecule has 0 aromatic heterocycles. The first-order chi connectivity index (χ1) is 8.72. The van der Waals surface area contributed by atoms with E-state index in [0.717, 1.165) is 5.56 Å². The molecule has 0 aliphatic rings. The highest BCUT2D eigenvalue weighted by Crippen LogP contribution is 2.27. The van der Waals surface area contributed by atoms with Gasteiger partial charge < -0.3 is 10.5 Å². The summed E-state index contributed by atoms with van der Waals surface area (Å²) in [6, 6.07) is 14.4. The summed E-state index contributed by atoms with van der Waals surface area (Å²) < 4.78 is 5.63. The normalized spacial score (nSPS) is 9.83. The van der Waals surface area contributed by atoms with Gasteiger partial charge in [-0.3, -0.25) is 0 Å². The average molecular weight is 259 g/mol. The van der Waals surface area contributed by atoms with E-state index in [1.807, 2.05) is 6.07 Å². The van der Waals surface area contributed by atoms with Gasteiger partial charge in [0, 0.05) is 11.6 Å². The van der Waals surface area contributed by atoms with Crippen LogP contribution in [0.25, 0.3) is 0 Å². The predicted octanol–water partition coefficient (Wildman–Crippen LogP) is 3.46. The van der Waals surface area contributed by atoms with Crippen LogP contribution in [0.3, 0.4) is 0 Å². The maximum absolute atomic E-state index is 9.07. The highest BCUT2D eigenvalue weighted by atomic mass is 35.5. The molecule has 0 bridgehead atoms. The van der Waals surface area contributed by atoms with Crippen LogP contribution in [0.1, 0.15) is 11.1 Å². The highest BCUT2D eigenvalue weighted by Gasteiger charge is 2.06. The van der Waals surface area contributed by atoms with Crippen LogP contribution in [-0.2, 0) is 6.54 Å². The molecule has 0 saturated carbocycles. The van der Waals surface area contributed by atoms with E-state index >= 15 is 0 Å². The molecule has 2 aromatic carbocycles. The molecule has 0 radical (unpaired) electrons. The maximum Gasteiger partial charge on any atom is 0.145 e. The van der Waals surface area contributed by atoms with Crippen molar-refractivity contribution in [2.45, 2.75) is 6.54 Å². The predicted molar refractivity (Wildman–Crippen MR) is 70.6 cm³/mol. The van der Waals surface area contributed by atoms with Gasteiger partial charge in [-0.15, -0.1) is 0 Å². The summed E-state index contributed by atoms with van der Waals surface area (Å²) in [7, 11) is 0. The van der Waals surface area contributed by atoms with E-state index in [1.54, 1.807) is 36.4 Å². The van der Waals surface area contributed by atoms with Crippen molar-refractivity contribution in [3.05, 3.63) is 58.6 Å². The number of nitriles is 1. The van der Waals surface area contributed by atoms with Crippen LogP contribution in [0.5, 0.6) is 11.5 Å². The minimum absolute atomic E-state index is 0.395. The molecule has 0 spiro atoms. The van der Waals surface area contributed by atoms with Crippen LogP contribution in [0.2, 0.25) is 5.02 Å². The van der Waals surface area contributed by atoms with E-state index in [9.17, 15) is 0 Å². The molecule has 2 aromatic rings. The topological polar surface area (TPSA) is 59.0 Å². The van der Waals surface area contributed by atoms with E-state index in [4.69, 9.17) is 27.3 Å². The van der Waals surface area contributed by atoms with Gasteiger partial charge in [0.2, 0.25) is 0 Å². The Bertz CT molecular complexity index is 605. The Balaban J connectivity index is 2.32. The number of nitrogens with zero attached hydrogens (tertiary/aromatic N) is 1. The number of hydrogen-bond donors (Lipinski definition) is 1. The summed E-state index contributed by atoms with van der Waals surface area (Å²) in [5, 5.41) is 9.66. The smallest absolute Gasteiger partial charge is 0.145 e. The van der Waals surface area contributed by atoms with E-state index in [0.29, 0.717) is 28.6 Å². The van der Waals surface area contributed by atoms with Crippen LogP contribution < -0.4 is 10.5 Å². The molecule has 0 aliphatic heterocycles. The number of hydrogen-bond acceptors (Lipinski definition) is 3. The molecule has 0 unspecified atom stereocenters. The third-order valence-electron chi connectivity index (χ3n) is 2.42. The van der Waals surface area contributed by atoms with Crippen molar-refractivity contribution in [1.82, 2.24) is 0 Å². The standard InChI is InChI=1S/C14H11ClN2O/c15-12-2-1-3-13(7-12)18-14-5-4-10(8-16)6-11(14)9-17/h1-7H,8,16H2. The minimum atomic E-state index is 0.395. The van der Waals surface area contributed by atoms with Gasteiger partial charge in [-0.25, -0.2) is 0 Å². The first-order valence-electron chi connectivity index (χ1n) is 5.39. The van der Waals surface area contributed by atoms with Crippen molar-refractivity contribution in [3.8, 4) is 17.6 Å². The highest BCUT2D eigenvalue weighted by molar-refractivity contribution is 6.30. The lowest BCUT2D eigenvalue weighted by molar-refractivity contribution is 0.481. The Morgan fingerprint density at radius 1 is 1.22 bits per heavy atom. The average Bonchev–Trinajstić information content (AvgIpc) is 2.39. The van der Waals surface area contributed by atoms with Gasteiger partial charge in [0.15, 0.2) is 0 Å². The van der Waals surface area contributed by atoms with E-state index in [-0.39, 0.29) is 0 Å². The molecule has 0 atom stereocenters. The Hall–Kier alpha value is -2.02. The second kappa shape index (κ2) is 5.54. The van der Waals surface area contributed by atoms with Crippen LogP contribution in [0, 0.1) is 11.3 Å². The van der Waals surface area contributed by atoms with E-state index < -0.39 is 0 Å². The van der Waals surface area contributed by atoms with Crippen LogP contribution in [-0.4, -0.2) is 0 Å². The molecule has 2 rings (SSSR count). The number of ether oxygens (including phenoxy) is 1. The van der Waals surface area contributed by atoms with Crippen LogP contribution in [0.4, 0.5) is 0 Å². The number of nitrogens with two attached hydrogens (primary N) is 1. The summed E-state index contributed by atoms with van der Waals surface area (Å²) >= 11 is 5.87. The van der Waals surface area contributed by atoms with Crippen molar-refractivity contribution in [1.29, 1.82) is 5.26 Å². The zero-order chi connectivity index (χ0) is 13.0. The molecule has 0 saturated heterocycles. The molecule has 4 heteroatoms.